The molecule has 120 valence electrons. The van der Waals surface area contributed by atoms with Crippen LogP contribution in [0, 0.1) is 6.92 Å². The van der Waals surface area contributed by atoms with Crippen LogP contribution in [0.1, 0.15) is 31.5 Å². The van der Waals surface area contributed by atoms with Gasteiger partial charge in [0.1, 0.15) is 0 Å². The van der Waals surface area contributed by atoms with Gasteiger partial charge in [-0.15, -0.1) is 24.0 Å². The van der Waals surface area contributed by atoms with E-state index >= 15 is 0 Å². The Balaban J connectivity index is 0.00000220. The molecule has 21 heavy (non-hydrogen) atoms. The summed E-state index contributed by atoms with van der Waals surface area (Å²) in [5, 5.41) is 10.3. The lowest BCUT2D eigenvalue weighted by Crippen LogP contribution is -2.45. The van der Waals surface area contributed by atoms with E-state index in [9.17, 15) is 0 Å². The molecule has 8 heteroatoms. The standard InChI is InChI=1S/C13H23N5O2.HI/c1-10-17-11(20-18-10)5-7-15-12(14-3)16-9-13(2)6-4-8-19-13;/h4-9H2,1-3H3,(H2,14,15,16);1H. The van der Waals surface area contributed by atoms with Crippen molar-refractivity contribution in [3.63, 3.8) is 0 Å². The Morgan fingerprint density at radius 1 is 1.43 bits per heavy atom. The molecule has 2 heterocycles. The largest absolute Gasteiger partial charge is 0.373 e. The molecular formula is C13H24IN5O2. The fourth-order valence-electron chi connectivity index (χ4n) is 2.20. The number of nitrogens with one attached hydrogen (secondary N) is 2. The first-order chi connectivity index (χ1) is 9.61. The zero-order valence-electron chi connectivity index (χ0n) is 12.8. The number of nitrogens with zero attached hydrogens (tertiary/aromatic N) is 3. The van der Waals surface area contributed by atoms with Gasteiger partial charge in [-0.05, 0) is 26.7 Å². The molecule has 1 fully saturated rings. The van der Waals surface area contributed by atoms with Crippen LogP contribution >= 0.6 is 24.0 Å². The maximum Gasteiger partial charge on any atom is 0.228 e. The molecule has 0 spiro atoms. The average molecular weight is 409 g/mol. The molecule has 1 aliphatic heterocycles. The predicted molar refractivity (Wildman–Crippen MR) is 91.1 cm³/mol. The number of aliphatic imine (C=N–C) groups is 1. The van der Waals surface area contributed by atoms with E-state index in [0.717, 1.165) is 32.0 Å². The molecule has 7 nitrogen and oxygen atoms in total. The first-order valence-electron chi connectivity index (χ1n) is 6.99. The first-order valence-corrected chi connectivity index (χ1v) is 6.99. The van der Waals surface area contributed by atoms with Crippen LogP contribution in [-0.4, -0.2) is 48.4 Å². The third-order valence-corrected chi connectivity index (χ3v) is 3.35. The molecule has 1 atom stereocenters. The van der Waals surface area contributed by atoms with Crippen molar-refractivity contribution in [2.24, 2.45) is 4.99 Å². The highest BCUT2D eigenvalue weighted by atomic mass is 127. The highest BCUT2D eigenvalue weighted by molar-refractivity contribution is 14.0. The Labute approximate surface area is 142 Å². The predicted octanol–water partition coefficient (Wildman–Crippen LogP) is 1.27. The van der Waals surface area contributed by atoms with Gasteiger partial charge in [-0.2, -0.15) is 4.98 Å². The van der Waals surface area contributed by atoms with Crippen LogP contribution in [0.15, 0.2) is 9.52 Å². The summed E-state index contributed by atoms with van der Waals surface area (Å²) in [6, 6.07) is 0. The molecule has 2 N–H and O–H groups in total. The highest BCUT2D eigenvalue weighted by Crippen LogP contribution is 2.23. The quantitative estimate of drug-likeness (QED) is 0.433. The second kappa shape index (κ2) is 8.52. The van der Waals surface area contributed by atoms with E-state index in [1.807, 2.05) is 6.92 Å². The van der Waals surface area contributed by atoms with Crippen molar-refractivity contribution >= 4 is 29.9 Å². The number of hydrogen-bond donors (Lipinski definition) is 2. The Bertz CT molecular complexity index is 457. The van der Waals surface area contributed by atoms with Gasteiger partial charge in [-0.25, -0.2) is 0 Å². The summed E-state index contributed by atoms with van der Waals surface area (Å²) in [5.74, 6) is 2.06. The summed E-state index contributed by atoms with van der Waals surface area (Å²) in [7, 11) is 1.75. The molecule has 0 bridgehead atoms. The summed E-state index contributed by atoms with van der Waals surface area (Å²) in [4.78, 5) is 8.34. The van der Waals surface area contributed by atoms with Gasteiger partial charge < -0.3 is 19.9 Å². The monoisotopic (exact) mass is 409 g/mol. The normalized spacial score (nSPS) is 22.0. The second-order valence-corrected chi connectivity index (χ2v) is 5.24. The number of guanidine groups is 1. The number of rotatable bonds is 5. The van der Waals surface area contributed by atoms with Crippen LogP contribution in [0.5, 0.6) is 0 Å². The van der Waals surface area contributed by atoms with Gasteiger partial charge in [0.25, 0.3) is 0 Å². The van der Waals surface area contributed by atoms with Gasteiger partial charge in [0.15, 0.2) is 11.8 Å². The summed E-state index contributed by atoms with van der Waals surface area (Å²) in [5.41, 5.74) is -0.0821. The third kappa shape index (κ3) is 5.77. The van der Waals surface area contributed by atoms with Crippen molar-refractivity contribution in [2.45, 2.75) is 38.7 Å². The van der Waals surface area contributed by atoms with Gasteiger partial charge in [-0.1, -0.05) is 5.16 Å². The number of aromatic nitrogens is 2. The van der Waals surface area contributed by atoms with Crippen LogP contribution in [-0.2, 0) is 11.2 Å². The Kier molecular flexibility index (Phi) is 7.36. The van der Waals surface area contributed by atoms with Gasteiger partial charge in [0, 0.05) is 33.2 Å². The number of hydrogen-bond acceptors (Lipinski definition) is 5. The zero-order chi connectivity index (χ0) is 14.4. The summed E-state index contributed by atoms with van der Waals surface area (Å²) in [6.07, 6.45) is 2.88. The minimum absolute atomic E-state index is 0. The molecular weight excluding hydrogens is 385 g/mol. The van der Waals surface area contributed by atoms with Crippen LogP contribution in [0.2, 0.25) is 0 Å². The van der Waals surface area contributed by atoms with Gasteiger partial charge in [0.2, 0.25) is 5.89 Å². The third-order valence-electron chi connectivity index (χ3n) is 3.35. The molecule has 1 aliphatic rings. The minimum atomic E-state index is -0.0821. The van der Waals surface area contributed by atoms with Crippen LogP contribution in [0.25, 0.3) is 0 Å². The van der Waals surface area contributed by atoms with Crippen molar-refractivity contribution in [1.29, 1.82) is 0 Å². The lowest BCUT2D eigenvalue weighted by atomic mass is 10.0. The van der Waals surface area contributed by atoms with E-state index in [4.69, 9.17) is 9.26 Å². The zero-order valence-corrected chi connectivity index (χ0v) is 15.1. The van der Waals surface area contributed by atoms with Gasteiger partial charge in [-0.3, -0.25) is 4.99 Å². The fourth-order valence-corrected chi connectivity index (χ4v) is 2.20. The van der Waals surface area contributed by atoms with Crippen LogP contribution in [0.3, 0.4) is 0 Å². The molecule has 1 aromatic rings. The molecule has 0 aromatic carbocycles. The lowest BCUT2D eigenvalue weighted by Gasteiger charge is -2.24. The van der Waals surface area contributed by atoms with Crippen molar-refractivity contribution in [3.05, 3.63) is 11.7 Å². The molecule has 1 aromatic heterocycles. The molecule has 1 saturated heterocycles. The maximum absolute atomic E-state index is 5.73. The number of aryl methyl sites for hydroxylation is 1. The molecule has 0 saturated carbocycles. The lowest BCUT2D eigenvalue weighted by molar-refractivity contribution is 0.0243. The SMILES string of the molecule is CN=C(NCCc1nc(C)no1)NCC1(C)CCCO1.I. The average Bonchev–Trinajstić information content (AvgIpc) is 3.03. The second-order valence-electron chi connectivity index (χ2n) is 5.24. The maximum atomic E-state index is 5.73. The summed E-state index contributed by atoms with van der Waals surface area (Å²) >= 11 is 0. The molecule has 0 radical (unpaired) electrons. The van der Waals surface area contributed by atoms with Crippen molar-refractivity contribution < 1.29 is 9.26 Å². The van der Waals surface area contributed by atoms with E-state index < -0.39 is 0 Å². The van der Waals surface area contributed by atoms with Crippen molar-refractivity contribution in [3.8, 4) is 0 Å². The summed E-state index contributed by atoms with van der Waals surface area (Å²) in [6.45, 7) is 6.23. The molecule has 0 aliphatic carbocycles. The summed E-state index contributed by atoms with van der Waals surface area (Å²) < 4.78 is 10.8. The minimum Gasteiger partial charge on any atom is -0.373 e. The van der Waals surface area contributed by atoms with Gasteiger partial charge in [0.05, 0.1) is 5.60 Å². The highest BCUT2D eigenvalue weighted by Gasteiger charge is 2.29. The van der Waals surface area contributed by atoms with Crippen LogP contribution in [0.4, 0.5) is 0 Å². The van der Waals surface area contributed by atoms with Crippen molar-refractivity contribution in [2.75, 3.05) is 26.7 Å². The Hall–Kier alpha value is -0.900. The van der Waals surface area contributed by atoms with E-state index in [0.29, 0.717) is 24.7 Å². The molecule has 1 unspecified atom stereocenters. The fraction of sp³-hybridized carbons (Fsp3) is 0.769. The van der Waals surface area contributed by atoms with Gasteiger partial charge >= 0.3 is 0 Å². The first kappa shape index (κ1) is 18.1. The van der Waals surface area contributed by atoms with E-state index in [1.165, 1.54) is 0 Å². The Morgan fingerprint density at radius 2 is 2.24 bits per heavy atom. The van der Waals surface area contributed by atoms with Crippen molar-refractivity contribution in [1.82, 2.24) is 20.8 Å². The van der Waals surface area contributed by atoms with Crippen LogP contribution < -0.4 is 10.6 Å². The Morgan fingerprint density at radius 3 is 2.81 bits per heavy atom. The smallest absolute Gasteiger partial charge is 0.228 e. The van der Waals surface area contributed by atoms with E-state index in [2.05, 4.69) is 32.7 Å². The topological polar surface area (TPSA) is 84.6 Å². The number of ether oxygens (including phenoxy) is 1. The number of halogens is 1. The molecule has 0 amide bonds. The van der Waals surface area contributed by atoms with E-state index in [1.54, 1.807) is 7.05 Å². The molecule has 2 rings (SSSR count). The van der Waals surface area contributed by atoms with E-state index in [-0.39, 0.29) is 29.6 Å².